The number of hydrogen-bond acceptors (Lipinski definition) is 5. The van der Waals surface area contributed by atoms with Gasteiger partial charge in [-0.05, 0) is 49.2 Å². The number of carbonyl (C=O) groups excluding carboxylic acids is 1. The van der Waals surface area contributed by atoms with E-state index in [1.807, 2.05) is 25.1 Å². The fourth-order valence-electron chi connectivity index (χ4n) is 2.34. The molecule has 0 aliphatic carbocycles. The summed E-state index contributed by atoms with van der Waals surface area (Å²) in [6.07, 6.45) is 0. The predicted octanol–water partition coefficient (Wildman–Crippen LogP) is 4.90. The Morgan fingerprint density at radius 3 is 2.73 bits per heavy atom. The van der Waals surface area contributed by atoms with Gasteiger partial charge in [0.25, 0.3) is 5.91 Å². The van der Waals surface area contributed by atoms with E-state index in [0.29, 0.717) is 22.1 Å². The van der Waals surface area contributed by atoms with Crippen molar-refractivity contribution in [2.45, 2.75) is 13.8 Å². The van der Waals surface area contributed by atoms with E-state index in [4.69, 9.17) is 4.74 Å². The summed E-state index contributed by atoms with van der Waals surface area (Å²) >= 11 is 1.30. The lowest BCUT2D eigenvalue weighted by atomic mass is 10.2. The van der Waals surface area contributed by atoms with Crippen LogP contribution in [-0.4, -0.2) is 18.0 Å². The van der Waals surface area contributed by atoms with E-state index < -0.39 is 5.91 Å². The van der Waals surface area contributed by atoms with Crippen molar-refractivity contribution in [2.75, 3.05) is 17.7 Å². The lowest BCUT2D eigenvalue weighted by molar-refractivity contribution is 0.102. The SMILES string of the molecule is COc1ccc(C)cc1Nc1nc(C(=O)Nc2ccc(C)c(F)c2)cs1. The number of methoxy groups -OCH3 is 1. The molecule has 0 bridgehead atoms. The molecule has 0 saturated heterocycles. The van der Waals surface area contributed by atoms with Gasteiger partial charge in [0.15, 0.2) is 5.13 Å². The molecule has 1 aromatic heterocycles. The van der Waals surface area contributed by atoms with Crippen molar-refractivity contribution in [2.24, 2.45) is 0 Å². The Hall–Kier alpha value is -2.93. The average molecular weight is 371 g/mol. The van der Waals surface area contributed by atoms with Crippen LogP contribution in [0.4, 0.5) is 20.9 Å². The third-order valence-electron chi connectivity index (χ3n) is 3.76. The normalized spacial score (nSPS) is 10.5. The molecule has 0 aliphatic heterocycles. The molecule has 1 heterocycles. The molecule has 0 radical (unpaired) electrons. The maximum Gasteiger partial charge on any atom is 0.275 e. The standard InChI is InChI=1S/C19H18FN3O2S/c1-11-4-7-17(25-3)15(8-11)22-19-23-16(10-26-19)18(24)21-13-6-5-12(2)14(20)9-13/h4-10H,1-3H3,(H,21,24)(H,22,23). The van der Waals surface area contributed by atoms with Crippen LogP contribution in [0.15, 0.2) is 41.8 Å². The van der Waals surface area contributed by atoms with Crippen LogP contribution in [-0.2, 0) is 0 Å². The molecule has 3 rings (SSSR count). The quantitative estimate of drug-likeness (QED) is 0.669. The Balaban J connectivity index is 1.74. The van der Waals surface area contributed by atoms with Crippen LogP contribution >= 0.6 is 11.3 Å². The number of amides is 1. The van der Waals surface area contributed by atoms with Gasteiger partial charge >= 0.3 is 0 Å². The molecular formula is C19H18FN3O2S. The summed E-state index contributed by atoms with van der Waals surface area (Å²) in [6.45, 7) is 3.64. The van der Waals surface area contributed by atoms with Crippen molar-refractivity contribution in [3.8, 4) is 5.75 Å². The molecule has 26 heavy (non-hydrogen) atoms. The maximum atomic E-state index is 13.6. The second-order valence-corrected chi connectivity index (χ2v) is 6.64. The fraction of sp³-hybridized carbons (Fsp3) is 0.158. The Bertz CT molecular complexity index is 956. The smallest absolute Gasteiger partial charge is 0.275 e. The summed E-state index contributed by atoms with van der Waals surface area (Å²) in [7, 11) is 1.59. The minimum atomic E-state index is -0.395. The molecule has 0 unspecified atom stereocenters. The van der Waals surface area contributed by atoms with Crippen molar-refractivity contribution in [3.05, 3.63) is 64.4 Å². The molecule has 0 aliphatic rings. The van der Waals surface area contributed by atoms with Gasteiger partial charge in [0.05, 0.1) is 12.8 Å². The number of halogens is 1. The Morgan fingerprint density at radius 2 is 2.00 bits per heavy atom. The summed E-state index contributed by atoms with van der Waals surface area (Å²) in [5, 5.41) is 8.02. The minimum absolute atomic E-state index is 0.255. The zero-order chi connectivity index (χ0) is 18.7. The van der Waals surface area contributed by atoms with Gasteiger partial charge in [-0.3, -0.25) is 4.79 Å². The molecular weight excluding hydrogens is 353 g/mol. The van der Waals surface area contributed by atoms with Crippen LogP contribution in [0.5, 0.6) is 5.75 Å². The van der Waals surface area contributed by atoms with Crippen molar-refractivity contribution in [3.63, 3.8) is 0 Å². The number of anilines is 3. The highest BCUT2D eigenvalue weighted by Gasteiger charge is 2.13. The van der Waals surface area contributed by atoms with Crippen LogP contribution in [0.2, 0.25) is 0 Å². The second kappa shape index (κ2) is 7.53. The number of aromatic nitrogens is 1. The summed E-state index contributed by atoms with van der Waals surface area (Å²) < 4.78 is 18.9. The molecule has 0 spiro atoms. The number of rotatable bonds is 5. The highest BCUT2D eigenvalue weighted by atomic mass is 32.1. The van der Waals surface area contributed by atoms with E-state index in [-0.39, 0.29) is 11.5 Å². The molecule has 0 atom stereocenters. The van der Waals surface area contributed by atoms with Crippen molar-refractivity contribution >= 4 is 33.8 Å². The number of aryl methyl sites for hydroxylation is 2. The molecule has 3 aromatic rings. The van der Waals surface area contributed by atoms with Crippen molar-refractivity contribution in [1.29, 1.82) is 0 Å². The van der Waals surface area contributed by atoms with E-state index in [1.54, 1.807) is 31.5 Å². The van der Waals surface area contributed by atoms with E-state index in [2.05, 4.69) is 15.6 Å². The summed E-state index contributed by atoms with van der Waals surface area (Å²) in [6, 6.07) is 10.3. The highest BCUT2D eigenvalue weighted by Crippen LogP contribution is 2.30. The lowest BCUT2D eigenvalue weighted by Crippen LogP contribution is -2.12. The van der Waals surface area contributed by atoms with Gasteiger partial charge in [0.2, 0.25) is 0 Å². The van der Waals surface area contributed by atoms with E-state index in [9.17, 15) is 9.18 Å². The number of nitrogens with one attached hydrogen (secondary N) is 2. The Morgan fingerprint density at radius 1 is 1.19 bits per heavy atom. The minimum Gasteiger partial charge on any atom is -0.495 e. The van der Waals surface area contributed by atoms with E-state index in [0.717, 1.165) is 11.3 Å². The zero-order valence-corrected chi connectivity index (χ0v) is 15.4. The molecule has 5 nitrogen and oxygen atoms in total. The average Bonchev–Trinajstić information content (AvgIpc) is 3.07. The van der Waals surface area contributed by atoms with Crippen LogP contribution in [0, 0.1) is 19.7 Å². The first-order valence-electron chi connectivity index (χ1n) is 7.91. The van der Waals surface area contributed by atoms with Gasteiger partial charge in [-0.1, -0.05) is 12.1 Å². The third kappa shape index (κ3) is 4.00. The first kappa shape index (κ1) is 17.9. The number of thiazole rings is 1. The second-order valence-electron chi connectivity index (χ2n) is 5.78. The summed E-state index contributed by atoms with van der Waals surface area (Å²) in [5.74, 6) is -0.0735. The number of carbonyl (C=O) groups is 1. The molecule has 2 aromatic carbocycles. The maximum absolute atomic E-state index is 13.6. The van der Waals surface area contributed by atoms with Gasteiger partial charge in [-0.25, -0.2) is 9.37 Å². The molecule has 0 fully saturated rings. The number of hydrogen-bond donors (Lipinski definition) is 2. The summed E-state index contributed by atoms with van der Waals surface area (Å²) in [4.78, 5) is 16.6. The summed E-state index contributed by atoms with van der Waals surface area (Å²) in [5.41, 5.74) is 3.01. The topological polar surface area (TPSA) is 63.2 Å². The molecule has 1 amide bonds. The van der Waals surface area contributed by atoms with Crippen molar-refractivity contribution < 1.29 is 13.9 Å². The van der Waals surface area contributed by atoms with Crippen LogP contribution in [0.25, 0.3) is 0 Å². The van der Waals surface area contributed by atoms with Gasteiger partial charge in [-0.2, -0.15) is 0 Å². The Labute approximate surface area is 154 Å². The van der Waals surface area contributed by atoms with Gasteiger partial charge in [-0.15, -0.1) is 11.3 Å². The van der Waals surface area contributed by atoms with Crippen molar-refractivity contribution in [1.82, 2.24) is 4.98 Å². The van der Waals surface area contributed by atoms with Gasteiger partial charge in [0.1, 0.15) is 17.3 Å². The number of ether oxygens (including phenoxy) is 1. The van der Waals surface area contributed by atoms with Gasteiger partial charge in [0, 0.05) is 11.1 Å². The zero-order valence-electron chi connectivity index (χ0n) is 14.6. The van der Waals surface area contributed by atoms with Gasteiger partial charge < -0.3 is 15.4 Å². The van der Waals surface area contributed by atoms with E-state index in [1.165, 1.54) is 17.4 Å². The predicted molar refractivity (Wildman–Crippen MR) is 102 cm³/mol. The number of benzene rings is 2. The number of nitrogens with zero attached hydrogens (tertiary/aromatic N) is 1. The molecule has 0 saturated carbocycles. The first-order valence-corrected chi connectivity index (χ1v) is 8.79. The lowest BCUT2D eigenvalue weighted by Gasteiger charge is -2.09. The molecule has 134 valence electrons. The largest absolute Gasteiger partial charge is 0.495 e. The van der Waals surface area contributed by atoms with Crippen LogP contribution in [0.3, 0.4) is 0 Å². The fourth-order valence-corrected chi connectivity index (χ4v) is 3.04. The van der Waals surface area contributed by atoms with Crippen LogP contribution in [0.1, 0.15) is 21.6 Å². The van der Waals surface area contributed by atoms with Crippen LogP contribution < -0.4 is 15.4 Å². The molecule has 2 N–H and O–H groups in total. The third-order valence-corrected chi connectivity index (χ3v) is 4.52. The molecule has 7 heteroatoms. The highest BCUT2D eigenvalue weighted by molar-refractivity contribution is 7.14. The monoisotopic (exact) mass is 371 g/mol. The first-order chi connectivity index (χ1) is 12.5. The Kier molecular flexibility index (Phi) is 5.18. The van der Waals surface area contributed by atoms with E-state index >= 15 is 0 Å².